The van der Waals surface area contributed by atoms with E-state index in [1.807, 2.05) is 28.0 Å². The summed E-state index contributed by atoms with van der Waals surface area (Å²) in [5.74, 6) is 2.72. The first-order valence-electron chi connectivity index (χ1n) is 14.1. The Morgan fingerprint density at radius 1 is 0.951 bits per heavy atom. The Hall–Kier alpha value is -4.05. The zero-order valence-electron chi connectivity index (χ0n) is 24.1. The number of nitrogens with zero attached hydrogens (tertiary/aromatic N) is 4. The van der Waals surface area contributed by atoms with Crippen LogP contribution in [0.2, 0.25) is 0 Å². The predicted molar refractivity (Wildman–Crippen MR) is 156 cm³/mol. The summed E-state index contributed by atoms with van der Waals surface area (Å²) in [7, 11) is 4.78. The van der Waals surface area contributed by atoms with Crippen LogP contribution in [0.5, 0.6) is 17.2 Å². The number of aromatic nitrogens is 1. The van der Waals surface area contributed by atoms with Crippen LogP contribution >= 0.6 is 0 Å². The van der Waals surface area contributed by atoms with Crippen LogP contribution in [0, 0.1) is 0 Å². The first-order valence-corrected chi connectivity index (χ1v) is 14.1. The van der Waals surface area contributed by atoms with E-state index in [-0.39, 0.29) is 11.8 Å². The lowest BCUT2D eigenvalue weighted by molar-refractivity contribution is -0.127. The van der Waals surface area contributed by atoms with Gasteiger partial charge in [0.2, 0.25) is 5.91 Å². The number of carbonyl (C=O) groups is 2. The number of rotatable bonds is 11. The van der Waals surface area contributed by atoms with Gasteiger partial charge in [-0.2, -0.15) is 0 Å². The smallest absolute Gasteiger partial charge is 0.254 e. The number of morpholine rings is 1. The Labute approximate surface area is 240 Å². The number of fused-ring (bicyclic) bond motifs is 1. The molecule has 218 valence electrons. The van der Waals surface area contributed by atoms with Gasteiger partial charge in [0, 0.05) is 74.3 Å². The summed E-state index contributed by atoms with van der Waals surface area (Å²) < 4.78 is 21.9. The molecule has 0 spiro atoms. The van der Waals surface area contributed by atoms with Crippen molar-refractivity contribution in [3.63, 3.8) is 0 Å². The van der Waals surface area contributed by atoms with Crippen molar-refractivity contribution in [1.29, 1.82) is 0 Å². The van der Waals surface area contributed by atoms with E-state index in [2.05, 4.69) is 11.0 Å². The number of carbonyl (C=O) groups excluding carboxylic acids is 2. The molecule has 41 heavy (non-hydrogen) atoms. The summed E-state index contributed by atoms with van der Waals surface area (Å²) in [6, 6.07) is 13.2. The largest absolute Gasteiger partial charge is 0.497 e. The number of hydrogen-bond donors (Lipinski definition) is 0. The molecule has 0 N–H and O–H groups in total. The van der Waals surface area contributed by atoms with Crippen LogP contribution in [0.3, 0.4) is 0 Å². The third kappa shape index (κ3) is 6.65. The van der Waals surface area contributed by atoms with Crippen LogP contribution in [-0.4, -0.2) is 93.9 Å². The second-order valence-corrected chi connectivity index (χ2v) is 10.3. The highest BCUT2D eigenvalue weighted by Crippen LogP contribution is 2.30. The molecule has 2 fully saturated rings. The lowest BCUT2D eigenvalue weighted by Crippen LogP contribution is -2.39. The van der Waals surface area contributed by atoms with Crippen LogP contribution in [0.25, 0.3) is 10.9 Å². The van der Waals surface area contributed by atoms with Crippen molar-refractivity contribution in [2.75, 3.05) is 72.2 Å². The van der Waals surface area contributed by atoms with Gasteiger partial charge >= 0.3 is 0 Å². The fraction of sp³-hybridized carbons (Fsp3) is 0.452. The van der Waals surface area contributed by atoms with Crippen molar-refractivity contribution in [3.05, 3.63) is 53.6 Å². The predicted octanol–water partition coefficient (Wildman–Crippen LogP) is 3.75. The molecule has 0 unspecified atom stereocenters. The quantitative estimate of drug-likeness (QED) is 0.349. The Balaban J connectivity index is 1.49. The normalized spacial score (nSPS) is 15.3. The summed E-state index contributed by atoms with van der Waals surface area (Å²) in [4.78, 5) is 37.3. The second kappa shape index (κ2) is 13.1. The summed E-state index contributed by atoms with van der Waals surface area (Å²) in [5.41, 5.74) is 2.26. The van der Waals surface area contributed by atoms with Crippen molar-refractivity contribution in [1.82, 2.24) is 14.8 Å². The molecule has 0 bridgehead atoms. The third-order valence-electron chi connectivity index (χ3n) is 7.67. The molecule has 2 saturated heterocycles. The highest BCUT2D eigenvalue weighted by molar-refractivity contribution is 5.95. The second-order valence-electron chi connectivity index (χ2n) is 10.3. The van der Waals surface area contributed by atoms with Gasteiger partial charge in [0.15, 0.2) is 0 Å². The molecule has 2 aliphatic rings. The Morgan fingerprint density at radius 3 is 2.34 bits per heavy atom. The van der Waals surface area contributed by atoms with Gasteiger partial charge in [-0.25, -0.2) is 4.98 Å². The summed E-state index contributed by atoms with van der Waals surface area (Å²) >= 11 is 0. The van der Waals surface area contributed by atoms with E-state index in [0.29, 0.717) is 75.8 Å². The van der Waals surface area contributed by atoms with Gasteiger partial charge in [-0.1, -0.05) is 0 Å². The summed E-state index contributed by atoms with van der Waals surface area (Å²) in [6.45, 7) is 4.90. The standard InChI is InChI=1S/C31H38N4O6/c1-38-25-8-7-22-16-24(30(32-28(22)20-25)34-12-14-41-15-13-34)21-35(11-5-10-33-9-4-6-29(33)36)31(37)23-17-26(39-2)19-27(18-23)40-3/h7-8,16-20H,4-6,9-15,21H2,1-3H3. The zero-order chi connectivity index (χ0) is 28.8. The molecular weight excluding hydrogens is 524 g/mol. The number of amides is 2. The number of likely N-dealkylation sites (tertiary alicyclic amines) is 1. The molecule has 2 aliphatic heterocycles. The number of benzene rings is 2. The van der Waals surface area contributed by atoms with Gasteiger partial charge in [-0.05, 0) is 43.2 Å². The van der Waals surface area contributed by atoms with E-state index in [1.54, 1.807) is 39.5 Å². The van der Waals surface area contributed by atoms with Crippen molar-refractivity contribution in [2.45, 2.75) is 25.8 Å². The van der Waals surface area contributed by atoms with E-state index in [9.17, 15) is 9.59 Å². The molecule has 0 atom stereocenters. The van der Waals surface area contributed by atoms with Gasteiger partial charge in [0.1, 0.15) is 23.1 Å². The van der Waals surface area contributed by atoms with Gasteiger partial charge in [-0.15, -0.1) is 0 Å². The maximum atomic E-state index is 14.1. The SMILES string of the molecule is COc1cc(OC)cc(C(=O)N(CCCN2CCCC2=O)Cc2cc3ccc(OC)cc3nc2N2CCOCC2)c1. The molecule has 0 saturated carbocycles. The topological polar surface area (TPSA) is 93.7 Å². The van der Waals surface area contributed by atoms with E-state index in [4.69, 9.17) is 23.9 Å². The maximum Gasteiger partial charge on any atom is 0.254 e. The number of methoxy groups -OCH3 is 3. The highest BCUT2D eigenvalue weighted by atomic mass is 16.5. The number of ether oxygens (including phenoxy) is 4. The summed E-state index contributed by atoms with van der Waals surface area (Å²) in [6.07, 6.45) is 2.16. The van der Waals surface area contributed by atoms with Gasteiger partial charge < -0.3 is 33.6 Å². The first-order chi connectivity index (χ1) is 20.0. The lowest BCUT2D eigenvalue weighted by atomic mass is 10.1. The van der Waals surface area contributed by atoms with Crippen molar-refractivity contribution < 1.29 is 28.5 Å². The van der Waals surface area contributed by atoms with Crippen LogP contribution in [0.1, 0.15) is 35.2 Å². The maximum absolute atomic E-state index is 14.1. The molecule has 10 heteroatoms. The minimum Gasteiger partial charge on any atom is -0.497 e. The monoisotopic (exact) mass is 562 g/mol. The van der Waals surface area contributed by atoms with Crippen molar-refractivity contribution in [3.8, 4) is 17.2 Å². The minimum absolute atomic E-state index is 0.141. The van der Waals surface area contributed by atoms with Crippen LogP contribution < -0.4 is 19.1 Å². The minimum atomic E-state index is -0.141. The number of anilines is 1. The average Bonchev–Trinajstić information content (AvgIpc) is 3.43. The highest BCUT2D eigenvalue weighted by Gasteiger charge is 2.25. The fourth-order valence-electron chi connectivity index (χ4n) is 5.44. The first kappa shape index (κ1) is 28.5. The molecule has 10 nitrogen and oxygen atoms in total. The van der Waals surface area contributed by atoms with Gasteiger partial charge in [0.25, 0.3) is 5.91 Å². The van der Waals surface area contributed by atoms with Crippen molar-refractivity contribution >= 4 is 28.5 Å². The number of pyridine rings is 1. The van der Waals surface area contributed by atoms with E-state index >= 15 is 0 Å². The molecule has 1 aromatic heterocycles. The molecule has 3 heterocycles. The Kier molecular flexibility index (Phi) is 9.08. The summed E-state index contributed by atoms with van der Waals surface area (Å²) in [5, 5.41) is 0.968. The molecule has 3 aromatic rings. The lowest BCUT2D eigenvalue weighted by Gasteiger charge is -2.31. The number of hydrogen-bond acceptors (Lipinski definition) is 8. The molecule has 2 amide bonds. The molecule has 5 rings (SSSR count). The molecule has 0 radical (unpaired) electrons. The van der Waals surface area contributed by atoms with Crippen LogP contribution in [0.15, 0.2) is 42.5 Å². The molecule has 2 aromatic carbocycles. The van der Waals surface area contributed by atoms with E-state index in [0.717, 1.165) is 41.0 Å². The van der Waals surface area contributed by atoms with Gasteiger partial charge in [-0.3, -0.25) is 9.59 Å². The van der Waals surface area contributed by atoms with Crippen molar-refractivity contribution in [2.24, 2.45) is 0 Å². The molecular formula is C31H38N4O6. The van der Waals surface area contributed by atoms with Crippen LogP contribution in [-0.2, 0) is 16.1 Å². The van der Waals surface area contributed by atoms with Crippen LogP contribution in [0.4, 0.5) is 5.82 Å². The average molecular weight is 563 g/mol. The zero-order valence-corrected chi connectivity index (χ0v) is 24.1. The van der Waals surface area contributed by atoms with E-state index in [1.165, 1.54) is 0 Å². The fourth-order valence-corrected chi connectivity index (χ4v) is 5.44. The Morgan fingerprint density at radius 2 is 1.68 bits per heavy atom. The van der Waals surface area contributed by atoms with E-state index < -0.39 is 0 Å². The third-order valence-corrected chi connectivity index (χ3v) is 7.67. The van der Waals surface area contributed by atoms with Gasteiger partial charge in [0.05, 0.1) is 40.1 Å². The Bertz CT molecular complexity index is 1370. The molecule has 0 aliphatic carbocycles.